The van der Waals surface area contributed by atoms with Gasteiger partial charge in [0, 0.05) is 18.2 Å². The van der Waals surface area contributed by atoms with E-state index in [1.807, 2.05) is 0 Å². The Morgan fingerprint density at radius 3 is 2.77 bits per heavy atom. The molecule has 0 saturated carbocycles. The van der Waals surface area contributed by atoms with Gasteiger partial charge in [-0.2, -0.15) is 0 Å². The maximum Gasteiger partial charge on any atom is 0.367 e. The molecule has 0 spiro atoms. The van der Waals surface area contributed by atoms with Crippen LogP contribution in [0.3, 0.4) is 0 Å². The number of ether oxygens (including phenoxy) is 1. The summed E-state index contributed by atoms with van der Waals surface area (Å²) in [5.41, 5.74) is 0. The van der Waals surface area contributed by atoms with Gasteiger partial charge in [0.2, 0.25) is 5.91 Å². The summed E-state index contributed by atoms with van der Waals surface area (Å²) in [7, 11) is 0. The molecule has 0 radical (unpaired) electrons. The molecule has 8 heteroatoms. The molecule has 1 amide bonds. The molecule has 1 unspecified atom stereocenters. The van der Waals surface area contributed by atoms with Gasteiger partial charge in [0.05, 0.1) is 6.61 Å². The van der Waals surface area contributed by atoms with Crippen molar-refractivity contribution in [1.82, 2.24) is 4.90 Å². The van der Waals surface area contributed by atoms with Crippen LogP contribution in [-0.2, 0) is 14.3 Å². The second-order valence-electron chi connectivity index (χ2n) is 5.23. The fourth-order valence-corrected chi connectivity index (χ4v) is 3.46. The maximum absolute atomic E-state index is 12.3. The SMILES string of the molecule is C[C@H](CSC(=O)OCCCCI)C(=O)N1CCCC1C(=O)O. The number of hydrogen-bond donors (Lipinski definition) is 1. The van der Waals surface area contributed by atoms with E-state index in [-0.39, 0.29) is 11.2 Å². The van der Waals surface area contributed by atoms with Gasteiger partial charge in [-0.25, -0.2) is 9.59 Å². The fraction of sp³-hybridized carbons (Fsp3) is 0.786. The number of alkyl halides is 1. The van der Waals surface area contributed by atoms with Crippen LogP contribution in [0.1, 0.15) is 32.6 Å². The Kier molecular flexibility index (Phi) is 9.15. The average molecular weight is 443 g/mol. The van der Waals surface area contributed by atoms with Gasteiger partial charge in [0.25, 0.3) is 0 Å². The molecule has 0 aliphatic carbocycles. The van der Waals surface area contributed by atoms with E-state index in [9.17, 15) is 14.4 Å². The minimum Gasteiger partial charge on any atom is -0.480 e. The molecular formula is C14H22INO5S. The highest BCUT2D eigenvalue weighted by molar-refractivity contribution is 14.1. The largest absolute Gasteiger partial charge is 0.480 e. The van der Waals surface area contributed by atoms with Crippen molar-refractivity contribution < 1.29 is 24.2 Å². The van der Waals surface area contributed by atoms with Crippen molar-refractivity contribution in [3.05, 3.63) is 0 Å². The smallest absolute Gasteiger partial charge is 0.367 e. The van der Waals surface area contributed by atoms with E-state index in [1.54, 1.807) is 6.92 Å². The fourth-order valence-electron chi connectivity index (χ4n) is 2.23. The molecule has 1 aliphatic rings. The molecule has 1 heterocycles. The number of amides is 1. The van der Waals surface area contributed by atoms with E-state index in [0.717, 1.165) is 29.0 Å². The van der Waals surface area contributed by atoms with E-state index in [0.29, 0.717) is 31.7 Å². The van der Waals surface area contributed by atoms with Gasteiger partial charge in [0.1, 0.15) is 6.04 Å². The van der Waals surface area contributed by atoms with Gasteiger partial charge in [-0.3, -0.25) is 4.79 Å². The summed E-state index contributed by atoms with van der Waals surface area (Å²) in [6, 6.07) is -0.722. The standard InChI is InChI=1S/C14H22INO5S/c1-10(9-22-14(20)21-8-3-2-6-15)12(17)16-7-4-5-11(16)13(18)19/h10-11H,2-9H2,1H3,(H,18,19)/t10-,11?/m1/s1. The summed E-state index contributed by atoms with van der Waals surface area (Å²) in [4.78, 5) is 36.3. The van der Waals surface area contributed by atoms with Crippen LogP contribution in [0.15, 0.2) is 0 Å². The predicted molar refractivity (Wildman–Crippen MR) is 93.5 cm³/mol. The van der Waals surface area contributed by atoms with Gasteiger partial charge < -0.3 is 14.7 Å². The number of carbonyl (C=O) groups excluding carboxylic acids is 2. The molecule has 0 aromatic heterocycles. The van der Waals surface area contributed by atoms with E-state index in [4.69, 9.17) is 9.84 Å². The number of rotatable bonds is 8. The lowest BCUT2D eigenvalue weighted by Gasteiger charge is -2.24. The van der Waals surface area contributed by atoms with E-state index in [2.05, 4.69) is 22.6 Å². The van der Waals surface area contributed by atoms with Crippen LogP contribution in [0.25, 0.3) is 0 Å². The van der Waals surface area contributed by atoms with Crippen LogP contribution >= 0.6 is 34.4 Å². The number of hydrogen-bond acceptors (Lipinski definition) is 5. The number of nitrogens with zero attached hydrogens (tertiary/aromatic N) is 1. The van der Waals surface area contributed by atoms with Gasteiger partial charge in [-0.1, -0.05) is 29.5 Å². The first-order valence-corrected chi connectivity index (χ1v) is 9.87. The maximum atomic E-state index is 12.3. The Morgan fingerprint density at radius 2 is 2.14 bits per heavy atom. The van der Waals surface area contributed by atoms with Crippen LogP contribution in [0.5, 0.6) is 0 Å². The summed E-state index contributed by atoms with van der Waals surface area (Å²) in [5, 5.41) is 8.73. The number of carbonyl (C=O) groups is 3. The second-order valence-corrected chi connectivity index (χ2v) is 7.27. The molecule has 1 N–H and O–H groups in total. The average Bonchev–Trinajstić information content (AvgIpc) is 2.98. The van der Waals surface area contributed by atoms with Crippen molar-refractivity contribution in [2.24, 2.45) is 5.92 Å². The highest BCUT2D eigenvalue weighted by Crippen LogP contribution is 2.22. The zero-order valence-electron chi connectivity index (χ0n) is 12.6. The lowest BCUT2D eigenvalue weighted by Crippen LogP contribution is -2.43. The normalized spacial score (nSPS) is 19.0. The summed E-state index contributed by atoms with van der Waals surface area (Å²) in [6.07, 6.45) is 3.07. The Morgan fingerprint density at radius 1 is 1.41 bits per heavy atom. The second kappa shape index (κ2) is 10.3. The lowest BCUT2D eigenvalue weighted by atomic mass is 10.1. The molecule has 6 nitrogen and oxygen atoms in total. The zero-order valence-corrected chi connectivity index (χ0v) is 15.6. The van der Waals surface area contributed by atoms with Crippen molar-refractivity contribution in [2.45, 2.75) is 38.6 Å². The van der Waals surface area contributed by atoms with Gasteiger partial charge >= 0.3 is 11.3 Å². The van der Waals surface area contributed by atoms with Crippen molar-refractivity contribution in [2.75, 3.05) is 23.3 Å². The first-order valence-electron chi connectivity index (χ1n) is 7.36. The van der Waals surface area contributed by atoms with E-state index >= 15 is 0 Å². The number of halogens is 1. The number of carboxylic acids is 1. The number of thioether (sulfide) groups is 1. The van der Waals surface area contributed by atoms with E-state index < -0.39 is 17.9 Å². The van der Waals surface area contributed by atoms with Gasteiger partial charge in [-0.15, -0.1) is 0 Å². The molecular weight excluding hydrogens is 421 g/mol. The molecule has 0 bridgehead atoms. The van der Waals surface area contributed by atoms with Crippen molar-refractivity contribution in [1.29, 1.82) is 0 Å². The molecule has 0 aromatic rings. The van der Waals surface area contributed by atoms with Crippen LogP contribution in [0.4, 0.5) is 4.79 Å². The van der Waals surface area contributed by atoms with Crippen molar-refractivity contribution >= 4 is 51.5 Å². The minimum absolute atomic E-state index is 0.199. The van der Waals surface area contributed by atoms with Gasteiger partial charge in [0.15, 0.2) is 0 Å². The lowest BCUT2D eigenvalue weighted by molar-refractivity contribution is -0.149. The Bertz CT molecular complexity index is 407. The monoisotopic (exact) mass is 443 g/mol. The minimum atomic E-state index is -0.958. The molecule has 126 valence electrons. The molecule has 0 aromatic carbocycles. The quantitative estimate of drug-likeness (QED) is 0.269. The van der Waals surface area contributed by atoms with E-state index in [1.165, 1.54) is 4.90 Å². The molecule has 1 aliphatic heterocycles. The summed E-state index contributed by atoms with van der Waals surface area (Å²) in [5.74, 6) is -1.24. The summed E-state index contributed by atoms with van der Waals surface area (Å²) < 4.78 is 6.10. The Hall–Kier alpha value is -0.510. The van der Waals surface area contributed by atoms with Crippen molar-refractivity contribution in [3.8, 4) is 0 Å². The first kappa shape index (κ1) is 19.5. The van der Waals surface area contributed by atoms with Crippen LogP contribution in [0.2, 0.25) is 0 Å². The highest BCUT2D eigenvalue weighted by atomic mass is 127. The Labute approximate surface area is 148 Å². The summed E-state index contributed by atoms with van der Waals surface area (Å²) >= 11 is 3.25. The summed E-state index contributed by atoms with van der Waals surface area (Å²) in [6.45, 7) is 2.60. The number of carboxylic acid groups (broad SMARTS) is 1. The number of aliphatic carboxylic acids is 1. The Balaban J connectivity index is 2.32. The van der Waals surface area contributed by atoms with Crippen molar-refractivity contribution in [3.63, 3.8) is 0 Å². The topological polar surface area (TPSA) is 83.9 Å². The third-order valence-corrected chi connectivity index (χ3v) is 5.22. The van der Waals surface area contributed by atoms with Gasteiger partial charge in [-0.05, 0) is 41.9 Å². The molecule has 1 saturated heterocycles. The predicted octanol–water partition coefficient (Wildman–Crippen LogP) is 2.78. The molecule has 1 rings (SSSR count). The van der Waals surface area contributed by atoms with Crippen LogP contribution in [0, 0.1) is 5.92 Å². The highest BCUT2D eigenvalue weighted by Gasteiger charge is 2.35. The molecule has 2 atom stereocenters. The molecule has 22 heavy (non-hydrogen) atoms. The van der Waals surface area contributed by atoms with Crippen LogP contribution < -0.4 is 0 Å². The first-order chi connectivity index (χ1) is 10.5. The molecule has 1 fully saturated rings. The third kappa shape index (κ3) is 6.31. The van der Waals surface area contributed by atoms with Crippen LogP contribution in [-0.4, -0.2) is 56.6 Å². The third-order valence-electron chi connectivity index (χ3n) is 3.44. The zero-order chi connectivity index (χ0) is 16.5. The number of unbranched alkanes of at least 4 members (excludes halogenated alkanes) is 1. The number of likely N-dealkylation sites (tertiary alicyclic amines) is 1.